The summed E-state index contributed by atoms with van der Waals surface area (Å²) in [6, 6.07) is 1.12. The molecule has 2 unspecified atom stereocenters. The molecule has 0 amide bonds. The lowest BCUT2D eigenvalue weighted by Crippen LogP contribution is -2.36. The van der Waals surface area contributed by atoms with Gasteiger partial charge in [0.1, 0.15) is 0 Å². The van der Waals surface area contributed by atoms with Gasteiger partial charge in [0.05, 0.1) is 6.54 Å². The molecule has 0 radical (unpaired) electrons. The highest BCUT2D eigenvalue weighted by Crippen LogP contribution is 2.58. The van der Waals surface area contributed by atoms with Gasteiger partial charge in [-0.3, -0.25) is 4.99 Å². The molecule has 3 rings (SSSR count). The highest BCUT2D eigenvalue weighted by atomic mass is 19.4. The summed E-state index contributed by atoms with van der Waals surface area (Å²) in [5, 5.41) is 2.58. The van der Waals surface area contributed by atoms with E-state index in [1.165, 1.54) is 12.3 Å². The van der Waals surface area contributed by atoms with Gasteiger partial charge in [-0.2, -0.15) is 22.0 Å². The molecule has 5 N–H and O–H groups in total. The molecule has 0 saturated heterocycles. The number of nitrogens with two attached hydrogens (primary N) is 2. The first kappa shape index (κ1) is 23.2. The zero-order chi connectivity index (χ0) is 22.9. The molecule has 172 valence electrons. The molecule has 2 aliphatic carbocycles. The molecule has 11 heteroatoms. The van der Waals surface area contributed by atoms with E-state index >= 15 is 0 Å². The summed E-state index contributed by atoms with van der Waals surface area (Å²) in [5.74, 6) is 0.155. The fraction of sp³-hybridized carbons (Fsp3) is 0.600. The van der Waals surface area contributed by atoms with Crippen LogP contribution in [0, 0.1) is 17.8 Å². The first-order valence-corrected chi connectivity index (χ1v) is 10.00. The summed E-state index contributed by atoms with van der Waals surface area (Å²) < 4.78 is 66.7. The van der Waals surface area contributed by atoms with E-state index in [1.54, 1.807) is 6.08 Å². The molecule has 1 aromatic rings. The van der Waals surface area contributed by atoms with Gasteiger partial charge in [0.15, 0.2) is 11.6 Å². The molecule has 2 saturated carbocycles. The van der Waals surface area contributed by atoms with Crippen molar-refractivity contribution in [1.82, 2.24) is 10.3 Å². The number of ether oxygens (including phenoxy) is 1. The summed E-state index contributed by atoms with van der Waals surface area (Å²) in [6.07, 6.45) is 0.101. The number of hydrogen-bond acceptors (Lipinski definition) is 6. The summed E-state index contributed by atoms with van der Waals surface area (Å²) in [7, 11) is 0. The van der Waals surface area contributed by atoms with Gasteiger partial charge in [-0.05, 0) is 50.7 Å². The van der Waals surface area contributed by atoms with Gasteiger partial charge in [-0.1, -0.05) is 0 Å². The molecular formula is C20H26F5N5O. The van der Waals surface area contributed by atoms with Crippen molar-refractivity contribution in [2.45, 2.75) is 51.6 Å². The lowest BCUT2D eigenvalue weighted by molar-refractivity contribution is -0.126. The van der Waals surface area contributed by atoms with Crippen molar-refractivity contribution in [1.29, 1.82) is 0 Å². The van der Waals surface area contributed by atoms with Crippen molar-refractivity contribution in [3.63, 3.8) is 0 Å². The van der Waals surface area contributed by atoms with Gasteiger partial charge in [0.25, 0.3) is 0 Å². The molecule has 1 heterocycles. The zero-order valence-corrected chi connectivity index (χ0v) is 17.2. The average molecular weight is 447 g/mol. The average Bonchev–Trinajstić information content (AvgIpc) is 3.14. The van der Waals surface area contributed by atoms with Gasteiger partial charge in [-0.25, -0.2) is 4.98 Å². The number of nitrogens with zero attached hydrogens (tertiary/aromatic N) is 2. The van der Waals surface area contributed by atoms with Gasteiger partial charge >= 0.3 is 12.8 Å². The molecule has 0 bridgehead atoms. The number of alkyl halides is 5. The largest absolute Gasteiger partial charge is 0.431 e. The van der Waals surface area contributed by atoms with Crippen LogP contribution in [0.2, 0.25) is 0 Å². The van der Waals surface area contributed by atoms with E-state index < -0.39 is 19.3 Å². The number of halogens is 5. The Balaban J connectivity index is 1.72. The highest BCUT2D eigenvalue weighted by Gasteiger charge is 2.57. The molecule has 1 aromatic heterocycles. The third-order valence-corrected chi connectivity index (χ3v) is 5.52. The number of nitrogens with one attached hydrogen (secondary N) is 1. The number of pyridine rings is 1. The molecule has 31 heavy (non-hydrogen) atoms. The predicted molar refractivity (Wildman–Crippen MR) is 108 cm³/mol. The third-order valence-electron chi connectivity index (χ3n) is 5.52. The Bertz CT molecular complexity index is 843. The molecule has 0 spiro atoms. The van der Waals surface area contributed by atoms with Crippen molar-refractivity contribution < 1.29 is 26.7 Å². The topological polar surface area (TPSA) is 98.5 Å². The maximum atomic E-state index is 12.5. The monoisotopic (exact) mass is 447 g/mol. The van der Waals surface area contributed by atoms with Crippen molar-refractivity contribution in [2.75, 3.05) is 12.3 Å². The van der Waals surface area contributed by atoms with E-state index in [9.17, 15) is 22.0 Å². The molecule has 0 aliphatic heterocycles. The number of anilines is 1. The second-order valence-electron chi connectivity index (χ2n) is 8.25. The summed E-state index contributed by atoms with van der Waals surface area (Å²) in [4.78, 5) is 8.50. The van der Waals surface area contributed by atoms with Crippen LogP contribution in [0.25, 0.3) is 5.70 Å². The number of aromatic nitrogens is 1. The maximum absolute atomic E-state index is 12.5. The summed E-state index contributed by atoms with van der Waals surface area (Å²) >= 11 is 0. The van der Waals surface area contributed by atoms with Crippen molar-refractivity contribution >= 4 is 17.2 Å². The summed E-state index contributed by atoms with van der Waals surface area (Å²) in [5.41, 5.74) is 13.1. The Labute approximate surface area is 176 Å². The second kappa shape index (κ2) is 8.97. The van der Waals surface area contributed by atoms with Crippen molar-refractivity contribution in [3.8, 4) is 5.75 Å². The number of nitrogen functional groups attached to an aromatic ring is 1. The summed E-state index contributed by atoms with van der Waals surface area (Å²) in [6.45, 7) is -0.216. The first-order valence-electron chi connectivity index (χ1n) is 10.00. The smallest absolute Gasteiger partial charge is 0.401 e. The normalized spacial score (nSPS) is 26.5. The quantitative estimate of drug-likeness (QED) is 0.418. The van der Waals surface area contributed by atoms with E-state index in [-0.39, 0.29) is 47.1 Å². The second-order valence-corrected chi connectivity index (χ2v) is 8.25. The van der Waals surface area contributed by atoms with Crippen LogP contribution in [0.1, 0.15) is 32.3 Å². The molecule has 4 atom stereocenters. The first-order chi connectivity index (χ1) is 14.4. The predicted octanol–water partition coefficient (Wildman–Crippen LogP) is 3.59. The van der Waals surface area contributed by atoms with Crippen LogP contribution in [0.15, 0.2) is 23.3 Å². The van der Waals surface area contributed by atoms with Gasteiger partial charge in [-0.15, -0.1) is 0 Å². The number of fused-ring (bicyclic) bond motifs is 1. The number of allylic oxidation sites excluding steroid dienone is 1. The lowest BCUT2D eigenvalue weighted by Gasteiger charge is -2.18. The van der Waals surface area contributed by atoms with E-state index in [0.717, 1.165) is 5.71 Å². The minimum absolute atomic E-state index is 0.0122. The molecule has 0 aromatic carbocycles. The Hall–Kier alpha value is -2.43. The van der Waals surface area contributed by atoms with E-state index in [4.69, 9.17) is 11.5 Å². The maximum Gasteiger partial charge on any atom is 0.401 e. The van der Waals surface area contributed by atoms with Crippen molar-refractivity contribution in [2.24, 2.45) is 28.5 Å². The van der Waals surface area contributed by atoms with Crippen LogP contribution in [0.3, 0.4) is 0 Å². The van der Waals surface area contributed by atoms with Gasteiger partial charge < -0.3 is 21.5 Å². The van der Waals surface area contributed by atoms with E-state index in [0.29, 0.717) is 18.4 Å². The Morgan fingerprint density at radius 3 is 2.52 bits per heavy atom. The standard InChI is InChI=1S/C20H26F5N5O/c1-9(2)30-15(17-12-4-11(5-13(12)17)29-8-20(23,24)25)6-14(26)10-3-16(31-19(21)22)18(27)28-7-10/h3,6-7,9,11-13,17,19,29H,4-5,8,26H2,1-2H3,(H2,27,28)/t11?,12-,13+,17?. The van der Waals surface area contributed by atoms with E-state index in [1.807, 2.05) is 13.8 Å². The van der Waals surface area contributed by atoms with Crippen molar-refractivity contribution in [3.05, 3.63) is 23.9 Å². The van der Waals surface area contributed by atoms with Crippen LogP contribution in [0.5, 0.6) is 5.75 Å². The van der Waals surface area contributed by atoms with Gasteiger partial charge in [0.2, 0.25) is 0 Å². The molecular weight excluding hydrogens is 421 g/mol. The Kier molecular flexibility index (Phi) is 6.73. The number of rotatable bonds is 8. The Morgan fingerprint density at radius 1 is 1.32 bits per heavy atom. The fourth-order valence-corrected chi connectivity index (χ4v) is 4.27. The van der Waals surface area contributed by atoms with Crippen LogP contribution < -0.4 is 21.5 Å². The van der Waals surface area contributed by atoms with Crippen LogP contribution in [0.4, 0.5) is 27.8 Å². The third kappa shape index (κ3) is 6.05. The van der Waals surface area contributed by atoms with Crippen LogP contribution in [-0.4, -0.2) is 42.1 Å². The zero-order valence-electron chi connectivity index (χ0n) is 17.2. The number of aliphatic imine (C=N–C) groups is 1. The van der Waals surface area contributed by atoms with Gasteiger partial charge in [0, 0.05) is 41.2 Å². The van der Waals surface area contributed by atoms with Crippen LogP contribution >= 0.6 is 0 Å². The SMILES string of the molecule is CC(C)N=C(C=C(N)c1cnc(N)c(OC(F)F)c1)C1[C@H]2CC(NCC(F)(F)F)C[C@@H]12. The minimum Gasteiger partial charge on any atom is -0.431 e. The fourth-order valence-electron chi connectivity index (χ4n) is 4.27. The highest BCUT2D eigenvalue weighted by molar-refractivity contribution is 6.04. The molecule has 2 fully saturated rings. The lowest BCUT2D eigenvalue weighted by atomic mass is 10.0. The Morgan fingerprint density at radius 2 is 1.97 bits per heavy atom. The van der Waals surface area contributed by atoms with E-state index in [2.05, 4.69) is 20.0 Å². The minimum atomic E-state index is -4.23. The number of hydrogen-bond donors (Lipinski definition) is 3. The molecule has 6 nitrogen and oxygen atoms in total. The van der Waals surface area contributed by atoms with Crippen LogP contribution in [-0.2, 0) is 0 Å². The molecule has 2 aliphatic rings.